The molecule has 0 saturated carbocycles. The molecule has 1 nitrogen and oxygen atoms in total. The van der Waals surface area contributed by atoms with Crippen molar-refractivity contribution in [3.8, 4) is 0 Å². The van der Waals surface area contributed by atoms with E-state index < -0.39 is 0 Å². The van der Waals surface area contributed by atoms with Crippen LogP contribution in [0, 0.1) is 16.3 Å². The maximum absolute atomic E-state index is 13.7. The Bertz CT molecular complexity index is 508. The molecule has 2 rings (SSSR count). The van der Waals surface area contributed by atoms with Crippen LogP contribution in [0.25, 0.3) is 0 Å². The van der Waals surface area contributed by atoms with Crippen LogP contribution in [0.15, 0.2) is 42.5 Å². The molecule has 0 saturated heterocycles. The first-order valence-electron chi connectivity index (χ1n) is 5.40. The molecule has 3 heteroatoms. The molecular weight excluding hydrogens is 328 g/mol. The minimum Gasteiger partial charge on any atom is -0.379 e. The third kappa shape index (κ3) is 3.19. The van der Waals surface area contributed by atoms with Crippen molar-refractivity contribution in [3.63, 3.8) is 0 Å². The number of hydrogen-bond donors (Lipinski definition) is 1. The number of halogens is 2. The molecule has 0 unspecified atom stereocenters. The molecule has 2 aromatic carbocycles. The second-order valence-electron chi connectivity index (χ2n) is 3.92. The Hall–Kier alpha value is -1.10. The Kier molecular flexibility index (Phi) is 3.99. The van der Waals surface area contributed by atoms with Crippen LogP contribution in [0.5, 0.6) is 0 Å². The van der Waals surface area contributed by atoms with Gasteiger partial charge in [0, 0.05) is 10.1 Å². The summed E-state index contributed by atoms with van der Waals surface area (Å²) in [6.45, 7) is 2.41. The van der Waals surface area contributed by atoms with Gasteiger partial charge in [-0.3, -0.25) is 0 Å². The standard InChI is InChI=1S/C14H13FIN/c1-10-3-2-4-13(14(10)15)17-9-11-5-7-12(16)8-6-11/h2-8,17H,9H2,1H3. The largest absolute Gasteiger partial charge is 0.379 e. The normalized spacial score (nSPS) is 10.3. The highest BCUT2D eigenvalue weighted by molar-refractivity contribution is 14.1. The first kappa shape index (κ1) is 12.4. The predicted octanol–water partition coefficient (Wildman–Crippen LogP) is 4.35. The summed E-state index contributed by atoms with van der Waals surface area (Å²) in [5.41, 5.74) is 2.37. The zero-order valence-corrected chi connectivity index (χ0v) is 11.7. The summed E-state index contributed by atoms with van der Waals surface area (Å²) < 4.78 is 14.9. The van der Waals surface area contributed by atoms with Crippen molar-refractivity contribution in [2.45, 2.75) is 13.5 Å². The van der Waals surface area contributed by atoms with Gasteiger partial charge in [-0.2, -0.15) is 0 Å². The fourth-order valence-corrected chi connectivity index (χ4v) is 1.94. The van der Waals surface area contributed by atoms with Gasteiger partial charge in [0.05, 0.1) is 5.69 Å². The first-order valence-corrected chi connectivity index (χ1v) is 6.48. The Morgan fingerprint density at radius 2 is 1.82 bits per heavy atom. The molecule has 0 heterocycles. The monoisotopic (exact) mass is 341 g/mol. The topological polar surface area (TPSA) is 12.0 Å². The second-order valence-corrected chi connectivity index (χ2v) is 5.16. The van der Waals surface area contributed by atoms with Crippen LogP contribution in [-0.4, -0.2) is 0 Å². The van der Waals surface area contributed by atoms with Gasteiger partial charge < -0.3 is 5.32 Å². The fraction of sp³-hybridized carbons (Fsp3) is 0.143. The molecule has 1 N–H and O–H groups in total. The quantitative estimate of drug-likeness (QED) is 0.819. The lowest BCUT2D eigenvalue weighted by molar-refractivity contribution is 0.621. The molecule has 17 heavy (non-hydrogen) atoms. The summed E-state index contributed by atoms with van der Waals surface area (Å²) in [6, 6.07) is 13.6. The number of anilines is 1. The Balaban J connectivity index is 2.07. The van der Waals surface area contributed by atoms with E-state index in [0.717, 1.165) is 5.56 Å². The summed E-state index contributed by atoms with van der Waals surface area (Å²) in [6.07, 6.45) is 0. The molecule has 0 aliphatic rings. The fourth-order valence-electron chi connectivity index (χ4n) is 1.58. The lowest BCUT2D eigenvalue weighted by Gasteiger charge is -2.09. The Morgan fingerprint density at radius 3 is 2.53 bits per heavy atom. The van der Waals surface area contributed by atoms with Crippen LogP contribution in [0.1, 0.15) is 11.1 Å². The van der Waals surface area contributed by atoms with E-state index in [9.17, 15) is 4.39 Å². The molecule has 2 aromatic rings. The van der Waals surface area contributed by atoms with Gasteiger partial charge in [0.25, 0.3) is 0 Å². The molecule has 0 aliphatic carbocycles. The third-order valence-corrected chi connectivity index (χ3v) is 3.31. The van der Waals surface area contributed by atoms with Gasteiger partial charge in [-0.25, -0.2) is 4.39 Å². The van der Waals surface area contributed by atoms with Crippen LogP contribution in [0.2, 0.25) is 0 Å². The molecular formula is C14H13FIN. The summed E-state index contributed by atoms with van der Waals surface area (Å²) in [5.74, 6) is -0.169. The zero-order chi connectivity index (χ0) is 12.3. The van der Waals surface area contributed by atoms with Crippen molar-refractivity contribution in [2.75, 3.05) is 5.32 Å². The molecule has 0 bridgehead atoms. The van der Waals surface area contributed by atoms with Gasteiger partial charge in [-0.05, 0) is 58.8 Å². The van der Waals surface area contributed by atoms with Gasteiger partial charge in [-0.15, -0.1) is 0 Å². The van der Waals surface area contributed by atoms with Crippen molar-refractivity contribution in [1.82, 2.24) is 0 Å². The van der Waals surface area contributed by atoms with Crippen molar-refractivity contribution in [1.29, 1.82) is 0 Å². The highest BCUT2D eigenvalue weighted by Gasteiger charge is 2.03. The molecule has 0 aromatic heterocycles. The maximum Gasteiger partial charge on any atom is 0.149 e. The molecule has 88 valence electrons. The van der Waals surface area contributed by atoms with Crippen molar-refractivity contribution in [3.05, 3.63) is 63.0 Å². The Morgan fingerprint density at radius 1 is 1.12 bits per heavy atom. The van der Waals surface area contributed by atoms with Crippen molar-refractivity contribution in [2.24, 2.45) is 0 Å². The average Bonchev–Trinajstić information content (AvgIpc) is 2.33. The highest BCUT2D eigenvalue weighted by Crippen LogP contribution is 2.18. The lowest BCUT2D eigenvalue weighted by atomic mass is 10.2. The lowest BCUT2D eigenvalue weighted by Crippen LogP contribution is -2.02. The Labute approximate surface area is 114 Å². The van der Waals surface area contributed by atoms with E-state index in [1.165, 1.54) is 3.57 Å². The predicted molar refractivity (Wildman–Crippen MR) is 77.6 cm³/mol. The van der Waals surface area contributed by atoms with E-state index in [0.29, 0.717) is 17.8 Å². The number of nitrogens with one attached hydrogen (secondary N) is 1. The van der Waals surface area contributed by atoms with Gasteiger partial charge in [-0.1, -0.05) is 24.3 Å². The van der Waals surface area contributed by atoms with Crippen molar-refractivity contribution >= 4 is 28.3 Å². The minimum atomic E-state index is -0.169. The van der Waals surface area contributed by atoms with Crippen LogP contribution >= 0.6 is 22.6 Å². The average molecular weight is 341 g/mol. The zero-order valence-electron chi connectivity index (χ0n) is 9.50. The number of hydrogen-bond acceptors (Lipinski definition) is 1. The molecule has 0 spiro atoms. The minimum absolute atomic E-state index is 0.169. The van der Waals surface area contributed by atoms with Crippen LogP contribution < -0.4 is 5.32 Å². The van der Waals surface area contributed by atoms with E-state index >= 15 is 0 Å². The van der Waals surface area contributed by atoms with E-state index in [2.05, 4.69) is 27.9 Å². The van der Waals surface area contributed by atoms with Gasteiger partial charge in [0.1, 0.15) is 5.82 Å². The van der Waals surface area contributed by atoms with Crippen LogP contribution in [-0.2, 0) is 6.54 Å². The second kappa shape index (κ2) is 5.49. The molecule has 0 aliphatic heterocycles. The first-order chi connectivity index (χ1) is 8.16. The molecule has 0 atom stereocenters. The van der Waals surface area contributed by atoms with E-state index in [4.69, 9.17) is 0 Å². The summed E-state index contributed by atoms with van der Waals surface area (Å²) >= 11 is 2.27. The number of rotatable bonds is 3. The van der Waals surface area contributed by atoms with Gasteiger partial charge in [0.15, 0.2) is 0 Å². The summed E-state index contributed by atoms with van der Waals surface area (Å²) in [7, 11) is 0. The summed E-state index contributed by atoms with van der Waals surface area (Å²) in [5, 5.41) is 3.11. The number of benzene rings is 2. The molecule has 0 fully saturated rings. The molecule has 0 amide bonds. The molecule has 0 radical (unpaired) electrons. The highest BCUT2D eigenvalue weighted by atomic mass is 127. The van der Waals surface area contributed by atoms with E-state index in [1.807, 2.05) is 30.3 Å². The van der Waals surface area contributed by atoms with E-state index in [1.54, 1.807) is 19.1 Å². The maximum atomic E-state index is 13.7. The van der Waals surface area contributed by atoms with Crippen LogP contribution in [0.3, 0.4) is 0 Å². The van der Waals surface area contributed by atoms with Gasteiger partial charge in [0.2, 0.25) is 0 Å². The van der Waals surface area contributed by atoms with Crippen LogP contribution in [0.4, 0.5) is 10.1 Å². The van der Waals surface area contributed by atoms with E-state index in [-0.39, 0.29) is 5.82 Å². The SMILES string of the molecule is Cc1cccc(NCc2ccc(I)cc2)c1F. The van der Waals surface area contributed by atoms with Crippen molar-refractivity contribution < 1.29 is 4.39 Å². The number of aryl methyl sites for hydroxylation is 1. The smallest absolute Gasteiger partial charge is 0.149 e. The summed E-state index contributed by atoms with van der Waals surface area (Å²) in [4.78, 5) is 0. The third-order valence-electron chi connectivity index (χ3n) is 2.59. The van der Waals surface area contributed by atoms with Gasteiger partial charge >= 0.3 is 0 Å².